The molecule has 228 valence electrons. The van der Waals surface area contributed by atoms with Crippen molar-refractivity contribution in [1.82, 2.24) is 0 Å². The molecule has 0 aromatic heterocycles. The second-order valence-corrected chi connectivity index (χ2v) is 12.0. The lowest BCUT2D eigenvalue weighted by molar-refractivity contribution is -0.0505. The molecule has 4 aromatic rings. The summed E-state index contributed by atoms with van der Waals surface area (Å²) < 4.78 is 137. The minimum absolute atomic E-state index is 0.133. The number of rotatable bonds is 6. The van der Waals surface area contributed by atoms with Gasteiger partial charge in [-0.05, 0) is 24.3 Å². The number of fused-ring (bicyclic) bond motifs is 3. The summed E-state index contributed by atoms with van der Waals surface area (Å²) in [5, 5.41) is 0. The first-order chi connectivity index (χ1) is 20.6. The SMILES string of the molecule is O=S(=O)(Oc1cccc2c1-c1c(cccc1OS(=O)(=O)C(F)(F)F)N=C(c1ccccc1)C(c1ccccc1)=N2)C(F)(F)F. The Bertz CT molecular complexity index is 1860. The van der Waals surface area contributed by atoms with Gasteiger partial charge >= 0.3 is 31.3 Å². The van der Waals surface area contributed by atoms with E-state index in [2.05, 4.69) is 18.4 Å². The highest BCUT2D eigenvalue weighted by Crippen LogP contribution is 2.50. The lowest BCUT2D eigenvalue weighted by Crippen LogP contribution is -2.28. The van der Waals surface area contributed by atoms with E-state index in [0.717, 1.165) is 24.3 Å². The van der Waals surface area contributed by atoms with Gasteiger partial charge in [0.15, 0.2) is 11.5 Å². The van der Waals surface area contributed by atoms with E-state index in [4.69, 9.17) is 0 Å². The molecule has 0 N–H and O–H groups in total. The minimum Gasteiger partial charge on any atom is -0.375 e. The van der Waals surface area contributed by atoms with Crippen molar-refractivity contribution in [3.8, 4) is 22.6 Å². The Morgan fingerprint density at radius 1 is 0.477 bits per heavy atom. The van der Waals surface area contributed by atoms with Crippen LogP contribution in [0.5, 0.6) is 11.5 Å². The fourth-order valence-corrected chi connectivity index (χ4v) is 5.08. The van der Waals surface area contributed by atoms with Crippen LogP contribution in [0.4, 0.5) is 37.7 Å². The van der Waals surface area contributed by atoms with Gasteiger partial charge in [-0.15, -0.1) is 0 Å². The molecular formula is C28H16F6N2O6S2. The van der Waals surface area contributed by atoms with Crippen LogP contribution in [0.15, 0.2) is 107 Å². The molecule has 44 heavy (non-hydrogen) atoms. The molecule has 0 aliphatic carbocycles. The molecule has 0 saturated heterocycles. The summed E-state index contributed by atoms with van der Waals surface area (Å²) in [5.41, 5.74) is -12.5. The highest BCUT2D eigenvalue weighted by molar-refractivity contribution is 7.88. The molecule has 5 rings (SSSR count). The topological polar surface area (TPSA) is 111 Å². The van der Waals surface area contributed by atoms with Crippen LogP contribution in [0.3, 0.4) is 0 Å². The van der Waals surface area contributed by atoms with Gasteiger partial charge in [-0.1, -0.05) is 72.8 Å². The zero-order valence-electron chi connectivity index (χ0n) is 21.7. The summed E-state index contributed by atoms with van der Waals surface area (Å²) >= 11 is 0. The number of nitrogens with zero attached hydrogens (tertiary/aromatic N) is 2. The largest absolute Gasteiger partial charge is 0.534 e. The van der Waals surface area contributed by atoms with E-state index >= 15 is 0 Å². The van der Waals surface area contributed by atoms with Crippen molar-refractivity contribution >= 4 is 43.0 Å². The summed E-state index contributed by atoms with van der Waals surface area (Å²) in [6.07, 6.45) is 0. The molecule has 0 amide bonds. The van der Waals surface area contributed by atoms with E-state index in [-0.39, 0.29) is 22.8 Å². The second kappa shape index (κ2) is 11.1. The first-order valence-electron chi connectivity index (χ1n) is 12.2. The van der Waals surface area contributed by atoms with Gasteiger partial charge in [-0.25, -0.2) is 9.98 Å². The molecule has 0 radical (unpaired) electrons. The number of hydrogen-bond acceptors (Lipinski definition) is 8. The fourth-order valence-electron chi connectivity index (χ4n) is 4.14. The molecular weight excluding hydrogens is 638 g/mol. The first kappa shape index (κ1) is 30.7. The van der Waals surface area contributed by atoms with E-state index in [0.29, 0.717) is 11.1 Å². The highest BCUT2D eigenvalue weighted by Gasteiger charge is 2.50. The standard InChI is InChI=1S/C28H16F6N2O6S2/c29-27(30,31)43(37,38)41-21-15-7-13-19-23(21)24-20(14-8-16-22(24)42-44(39,40)28(32,33)34)36-26(18-11-5-2-6-12-18)25(35-19)17-9-3-1-4-10-17/h1-16H. The molecule has 0 spiro atoms. The Morgan fingerprint density at radius 2 is 0.818 bits per heavy atom. The van der Waals surface area contributed by atoms with Gasteiger partial charge in [0.2, 0.25) is 0 Å². The van der Waals surface area contributed by atoms with Crippen LogP contribution in [0.2, 0.25) is 0 Å². The van der Waals surface area contributed by atoms with Crippen LogP contribution in [-0.4, -0.2) is 39.3 Å². The molecule has 1 aliphatic rings. The summed E-state index contributed by atoms with van der Waals surface area (Å²) in [7, 11) is -12.6. The molecule has 0 fully saturated rings. The Kier molecular flexibility index (Phi) is 7.75. The summed E-state index contributed by atoms with van der Waals surface area (Å²) in [4.78, 5) is 9.14. The number of aliphatic imine (C=N–C) groups is 2. The van der Waals surface area contributed by atoms with Crippen molar-refractivity contribution in [2.75, 3.05) is 0 Å². The third-order valence-electron chi connectivity index (χ3n) is 6.01. The Labute approximate surface area is 246 Å². The quantitative estimate of drug-likeness (QED) is 0.125. The average Bonchev–Trinajstić information content (AvgIpc) is 2.94. The smallest absolute Gasteiger partial charge is 0.375 e. The van der Waals surface area contributed by atoms with E-state index in [1.54, 1.807) is 60.7 Å². The predicted octanol–water partition coefficient (Wildman–Crippen LogP) is 7.07. The van der Waals surface area contributed by atoms with E-state index in [9.17, 15) is 43.2 Å². The number of alkyl halides is 6. The molecule has 0 saturated carbocycles. The maximum absolute atomic E-state index is 13.4. The average molecular weight is 655 g/mol. The van der Waals surface area contributed by atoms with E-state index < -0.39 is 53.9 Å². The van der Waals surface area contributed by atoms with Crippen LogP contribution in [0, 0.1) is 0 Å². The minimum atomic E-state index is -6.32. The molecule has 1 heterocycles. The fraction of sp³-hybridized carbons (Fsp3) is 0.0714. The monoisotopic (exact) mass is 654 g/mol. The highest BCUT2D eigenvalue weighted by atomic mass is 32.2. The van der Waals surface area contributed by atoms with Crippen LogP contribution >= 0.6 is 0 Å². The van der Waals surface area contributed by atoms with Gasteiger partial charge in [0, 0.05) is 11.1 Å². The van der Waals surface area contributed by atoms with Crippen molar-refractivity contribution in [2.24, 2.45) is 9.98 Å². The zero-order chi connectivity index (χ0) is 31.9. The number of benzene rings is 4. The van der Waals surface area contributed by atoms with Gasteiger partial charge in [-0.3, -0.25) is 0 Å². The van der Waals surface area contributed by atoms with Crippen molar-refractivity contribution in [2.45, 2.75) is 11.0 Å². The van der Waals surface area contributed by atoms with Gasteiger partial charge < -0.3 is 8.37 Å². The lowest BCUT2D eigenvalue weighted by atomic mass is 9.95. The molecule has 16 heteroatoms. The first-order valence-corrected chi connectivity index (χ1v) is 15.0. The number of hydrogen-bond donors (Lipinski definition) is 0. The van der Waals surface area contributed by atoms with Gasteiger partial charge in [0.05, 0.1) is 33.9 Å². The maximum Gasteiger partial charge on any atom is 0.534 e. The maximum atomic E-state index is 13.4. The molecule has 4 aromatic carbocycles. The van der Waals surface area contributed by atoms with Crippen LogP contribution in [0.25, 0.3) is 11.1 Å². The van der Waals surface area contributed by atoms with Gasteiger partial charge in [-0.2, -0.15) is 43.2 Å². The molecule has 0 unspecified atom stereocenters. The normalized spacial score (nSPS) is 13.9. The van der Waals surface area contributed by atoms with Gasteiger partial charge in [0.25, 0.3) is 0 Å². The Morgan fingerprint density at radius 3 is 1.14 bits per heavy atom. The molecule has 8 nitrogen and oxygen atoms in total. The van der Waals surface area contributed by atoms with Crippen molar-refractivity contribution in [3.05, 3.63) is 108 Å². The van der Waals surface area contributed by atoms with Crippen molar-refractivity contribution < 1.29 is 51.5 Å². The van der Waals surface area contributed by atoms with Crippen LogP contribution < -0.4 is 8.37 Å². The molecule has 0 bridgehead atoms. The zero-order valence-corrected chi connectivity index (χ0v) is 23.3. The summed E-state index contributed by atoms with van der Waals surface area (Å²) in [6.45, 7) is 0. The lowest BCUT2D eigenvalue weighted by Gasteiger charge is -2.22. The van der Waals surface area contributed by atoms with Gasteiger partial charge in [0.1, 0.15) is 0 Å². The Balaban J connectivity index is 1.91. The van der Waals surface area contributed by atoms with Crippen molar-refractivity contribution in [1.29, 1.82) is 0 Å². The van der Waals surface area contributed by atoms with Crippen molar-refractivity contribution in [3.63, 3.8) is 0 Å². The molecule has 1 aliphatic heterocycles. The van der Waals surface area contributed by atoms with E-state index in [1.165, 1.54) is 12.1 Å². The van der Waals surface area contributed by atoms with E-state index in [1.807, 2.05) is 0 Å². The third kappa shape index (κ3) is 5.90. The molecule has 0 atom stereocenters. The predicted molar refractivity (Wildman–Crippen MR) is 148 cm³/mol. The summed E-state index contributed by atoms with van der Waals surface area (Å²) in [6, 6.07) is 22.9. The number of halogens is 6. The van der Waals surface area contributed by atoms with Crippen LogP contribution in [0.1, 0.15) is 11.1 Å². The summed E-state index contributed by atoms with van der Waals surface area (Å²) in [5.74, 6) is -2.06. The Hall–Kier alpha value is -4.70. The van der Waals surface area contributed by atoms with Crippen LogP contribution in [-0.2, 0) is 20.2 Å². The third-order valence-corrected chi connectivity index (χ3v) is 7.94. The second-order valence-electron chi connectivity index (χ2n) is 8.92.